The van der Waals surface area contributed by atoms with Crippen molar-refractivity contribution in [3.63, 3.8) is 0 Å². The van der Waals surface area contributed by atoms with Crippen molar-refractivity contribution in [2.45, 2.75) is 72.6 Å². The number of allylic oxidation sites excluding steroid dienone is 4. The summed E-state index contributed by atoms with van der Waals surface area (Å²) in [7, 11) is 0. The summed E-state index contributed by atoms with van der Waals surface area (Å²) >= 11 is 0. The Kier molecular flexibility index (Phi) is 4.60. The molecule has 0 aromatic carbocycles. The molecule has 0 bridgehead atoms. The largest absolute Gasteiger partial charge is 0.498 e. The van der Waals surface area contributed by atoms with Crippen LogP contribution in [-0.4, -0.2) is 12.9 Å². The van der Waals surface area contributed by atoms with Gasteiger partial charge in [-0.1, -0.05) is 26.8 Å². The van der Waals surface area contributed by atoms with Crippen LogP contribution in [0.2, 0.25) is 0 Å². The average Bonchev–Trinajstić information content (AvgIpc) is 2.99. The van der Waals surface area contributed by atoms with E-state index in [0.29, 0.717) is 16.7 Å². The Labute approximate surface area is 159 Å². The van der Waals surface area contributed by atoms with Gasteiger partial charge in [0.1, 0.15) is 6.29 Å². The van der Waals surface area contributed by atoms with Gasteiger partial charge in [-0.15, -0.1) is 0 Å². The summed E-state index contributed by atoms with van der Waals surface area (Å²) in [6, 6.07) is 0. The molecule has 4 aliphatic rings. The molecule has 0 amide bonds. The first-order chi connectivity index (χ1) is 12.4. The Hall–Kier alpha value is -1.05. The highest BCUT2D eigenvalue weighted by molar-refractivity contribution is 5.53. The van der Waals surface area contributed by atoms with E-state index in [1.165, 1.54) is 50.6 Å². The zero-order valence-corrected chi connectivity index (χ0v) is 17.1. The molecule has 0 heterocycles. The molecule has 2 nitrogen and oxygen atoms in total. The molecule has 0 spiro atoms. The van der Waals surface area contributed by atoms with Crippen LogP contribution in [0.3, 0.4) is 0 Å². The Morgan fingerprint density at radius 3 is 2.77 bits per heavy atom. The third kappa shape index (κ3) is 2.54. The van der Waals surface area contributed by atoms with Gasteiger partial charge in [0, 0.05) is 12.3 Å². The monoisotopic (exact) mass is 356 g/mol. The second kappa shape index (κ2) is 6.53. The van der Waals surface area contributed by atoms with E-state index >= 15 is 0 Å². The van der Waals surface area contributed by atoms with Crippen molar-refractivity contribution in [3.8, 4) is 0 Å². The highest BCUT2D eigenvalue weighted by atomic mass is 16.5. The van der Waals surface area contributed by atoms with Crippen LogP contribution in [0.5, 0.6) is 0 Å². The van der Waals surface area contributed by atoms with Crippen LogP contribution in [0.4, 0.5) is 0 Å². The summed E-state index contributed by atoms with van der Waals surface area (Å²) in [5, 5.41) is 0. The fraction of sp³-hybridized carbons (Fsp3) is 0.792. The number of fused-ring (bicyclic) bond motifs is 5. The number of ether oxygens (including phenoxy) is 1. The van der Waals surface area contributed by atoms with Crippen LogP contribution >= 0.6 is 0 Å². The van der Waals surface area contributed by atoms with Gasteiger partial charge < -0.3 is 9.53 Å². The molecule has 0 radical (unpaired) electrons. The quantitative estimate of drug-likeness (QED) is 0.583. The van der Waals surface area contributed by atoms with Crippen molar-refractivity contribution in [3.05, 3.63) is 23.5 Å². The molecule has 0 aromatic heterocycles. The second-order valence-electron chi connectivity index (χ2n) is 9.96. The van der Waals surface area contributed by atoms with Crippen LogP contribution in [0.1, 0.15) is 72.6 Å². The van der Waals surface area contributed by atoms with E-state index in [9.17, 15) is 4.79 Å². The van der Waals surface area contributed by atoms with E-state index in [-0.39, 0.29) is 5.92 Å². The predicted molar refractivity (Wildman–Crippen MR) is 106 cm³/mol. The summed E-state index contributed by atoms with van der Waals surface area (Å²) in [6.45, 7) is 10.1. The lowest BCUT2D eigenvalue weighted by Crippen LogP contribution is -2.49. The minimum absolute atomic E-state index is 0.221. The van der Waals surface area contributed by atoms with Gasteiger partial charge in [-0.3, -0.25) is 0 Å². The van der Waals surface area contributed by atoms with Crippen molar-refractivity contribution in [1.82, 2.24) is 0 Å². The van der Waals surface area contributed by atoms with E-state index in [0.717, 1.165) is 30.8 Å². The fourth-order valence-corrected chi connectivity index (χ4v) is 7.60. The highest BCUT2D eigenvalue weighted by Gasteiger charge is 2.58. The Balaban J connectivity index is 1.63. The number of hydrogen-bond acceptors (Lipinski definition) is 2. The number of carbonyl (C=O) groups is 1. The molecule has 0 saturated heterocycles. The number of hydrogen-bond donors (Lipinski definition) is 0. The molecule has 26 heavy (non-hydrogen) atoms. The molecule has 2 saturated carbocycles. The SMILES string of the molecule is CCOC1=CC2=CC[C@@H]3C(CC[C@]4(C)[C@@H]([C@H](C)C=O)CC[C@@H]34)[C@@]2(C)CC1. The molecular formula is C24H36O2. The first-order valence-corrected chi connectivity index (χ1v) is 10.9. The van der Waals surface area contributed by atoms with Crippen LogP contribution < -0.4 is 0 Å². The lowest BCUT2D eigenvalue weighted by molar-refractivity contribution is -0.115. The smallest absolute Gasteiger partial charge is 0.123 e. The van der Waals surface area contributed by atoms with Gasteiger partial charge in [-0.25, -0.2) is 0 Å². The maximum atomic E-state index is 11.5. The van der Waals surface area contributed by atoms with Crippen molar-refractivity contribution < 1.29 is 9.53 Å². The van der Waals surface area contributed by atoms with Crippen LogP contribution in [0.15, 0.2) is 23.5 Å². The van der Waals surface area contributed by atoms with Crippen molar-refractivity contribution in [2.75, 3.05) is 6.61 Å². The lowest BCUT2D eigenvalue weighted by atomic mass is 9.47. The second-order valence-corrected chi connectivity index (χ2v) is 9.96. The maximum Gasteiger partial charge on any atom is 0.123 e. The van der Waals surface area contributed by atoms with Gasteiger partial charge in [0.2, 0.25) is 0 Å². The lowest BCUT2D eigenvalue weighted by Gasteiger charge is -2.57. The van der Waals surface area contributed by atoms with Crippen LogP contribution in [0, 0.1) is 40.4 Å². The molecule has 4 aliphatic carbocycles. The van der Waals surface area contributed by atoms with E-state index in [2.05, 4.69) is 39.8 Å². The number of carbonyl (C=O) groups excluding carboxylic acids is 1. The van der Waals surface area contributed by atoms with E-state index < -0.39 is 0 Å². The van der Waals surface area contributed by atoms with E-state index in [1.54, 1.807) is 5.57 Å². The third-order valence-electron chi connectivity index (χ3n) is 8.98. The molecule has 0 aromatic rings. The van der Waals surface area contributed by atoms with E-state index in [1.807, 2.05) is 0 Å². The molecule has 7 atom stereocenters. The molecule has 144 valence electrons. The summed E-state index contributed by atoms with van der Waals surface area (Å²) in [4.78, 5) is 11.5. The van der Waals surface area contributed by atoms with Crippen LogP contribution in [-0.2, 0) is 9.53 Å². The minimum atomic E-state index is 0.221. The average molecular weight is 357 g/mol. The Morgan fingerprint density at radius 2 is 2.04 bits per heavy atom. The normalized spacial score (nSPS) is 45.5. The molecule has 4 rings (SSSR count). The van der Waals surface area contributed by atoms with Crippen molar-refractivity contribution >= 4 is 6.29 Å². The predicted octanol–water partition coefficient (Wildman–Crippen LogP) is 5.93. The van der Waals surface area contributed by atoms with Gasteiger partial charge in [-0.05, 0) is 91.6 Å². The summed E-state index contributed by atoms with van der Waals surface area (Å²) < 4.78 is 5.84. The van der Waals surface area contributed by atoms with Gasteiger partial charge in [0.05, 0.1) is 12.4 Å². The maximum absolute atomic E-state index is 11.5. The summed E-state index contributed by atoms with van der Waals surface area (Å²) in [5.41, 5.74) is 2.26. The topological polar surface area (TPSA) is 26.3 Å². The van der Waals surface area contributed by atoms with Gasteiger partial charge in [0.15, 0.2) is 0 Å². The molecule has 2 heteroatoms. The Bertz CT molecular complexity index is 632. The Morgan fingerprint density at radius 1 is 1.23 bits per heavy atom. The first kappa shape index (κ1) is 18.3. The van der Waals surface area contributed by atoms with Gasteiger partial charge >= 0.3 is 0 Å². The molecule has 2 fully saturated rings. The zero-order valence-electron chi connectivity index (χ0n) is 17.1. The highest BCUT2D eigenvalue weighted by Crippen LogP contribution is 2.66. The minimum Gasteiger partial charge on any atom is -0.498 e. The number of aldehydes is 1. The fourth-order valence-electron chi connectivity index (χ4n) is 7.60. The van der Waals surface area contributed by atoms with Gasteiger partial charge in [0.25, 0.3) is 0 Å². The van der Waals surface area contributed by atoms with Gasteiger partial charge in [-0.2, -0.15) is 0 Å². The van der Waals surface area contributed by atoms with E-state index in [4.69, 9.17) is 4.74 Å². The molecular weight excluding hydrogens is 320 g/mol. The van der Waals surface area contributed by atoms with Crippen molar-refractivity contribution in [1.29, 1.82) is 0 Å². The number of rotatable bonds is 4. The molecule has 1 unspecified atom stereocenters. The third-order valence-corrected chi connectivity index (χ3v) is 8.98. The first-order valence-electron chi connectivity index (χ1n) is 10.9. The molecule has 0 aliphatic heterocycles. The van der Waals surface area contributed by atoms with Crippen molar-refractivity contribution in [2.24, 2.45) is 40.4 Å². The summed E-state index contributed by atoms with van der Waals surface area (Å²) in [6.07, 6.45) is 14.9. The standard InChI is InChI=1S/C24H36O2/c1-5-26-18-10-12-23(3)17(14-18)6-7-19-21-9-8-20(16(2)15-25)24(21,4)13-11-22(19)23/h6,14-16,19-22H,5,7-13H2,1-4H3/t16-,19+,20-,21+,22?,23+,24-/m1/s1. The summed E-state index contributed by atoms with van der Waals surface area (Å²) in [5.74, 6) is 4.44. The molecule has 0 N–H and O–H groups in total. The van der Waals surface area contributed by atoms with Crippen LogP contribution in [0.25, 0.3) is 0 Å². The zero-order chi connectivity index (χ0) is 18.5.